The van der Waals surface area contributed by atoms with Gasteiger partial charge in [-0.1, -0.05) is 97.8 Å². The third-order valence-corrected chi connectivity index (χ3v) is 6.40. The SMILES string of the molecule is C/C=C(\N=C(C)N(Cc1ccc(C(N)=NCCCC)cc1)Cc1ccccc1C)c1ccc(C)cc1. The molecule has 4 heteroatoms. The van der Waals surface area contributed by atoms with Crippen LogP contribution in [0.3, 0.4) is 0 Å². The van der Waals surface area contributed by atoms with E-state index in [0.717, 1.165) is 55.1 Å². The number of hydrogen-bond donors (Lipinski definition) is 1. The van der Waals surface area contributed by atoms with Gasteiger partial charge in [0.1, 0.15) is 11.7 Å². The second-order valence-corrected chi connectivity index (χ2v) is 9.30. The molecule has 4 nitrogen and oxygen atoms in total. The monoisotopic (exact) mass is 480 g/mol. The van der Waals surface area contributed by atoms with Gasteiger partial charge >= 0.3 is 0 Å². The zero-order valence-electron chi connectivity index (χ0n) is 22.5. The normalized spacial score (nSPS) is 12.6. The van der Waals surface area contributed by atoms with E-state index in [1.807, 2.05) is 6.92 Å². The van der Waals surface area contributed by atoms with Gasteiger partial charge in [0, 0.05) is 25.2 Å². The second-order valence-electron chi connectivity index (χ2n) is 9.30. The zero-order valence-corrected chi connectivity index (χ0v) is 22.5. The van der Waals surface area contributed by atoms with E-state index in [4.69, 9.17) is 10.7 Å². The first kappa shape index (κ1) is 26.9. The molecule has 0 aliphatic rings. The van der Waals surface area contributed by atoms with Crippen LogP contribution in [0.1, 0.15) is 67.0 Å². The van der Waals surface area contributed by atoms with Crippen molar-refractivity contribution in [2.75, 3.05) is 6.54 Å². The van der Waals surface area contributed by atoms with Gasteiger partial charge in [-0.25, -0.2) is 4.99 Å². The molecular formula is C32H40N4. The summed E-state index contributed by atoms with van der Waals surface area (Å²) in [4.78, 5) is 11.9. The molecule has 0 unspecified atom stereocenters. The Morgan fingerprint density at radius 1 is 0.889 bits per heavy atom. The average Bonchev–Trinajstić information content (AvgIpc) is 2.89. The van der Waals surface area contributed by atoms with E-state index >= 15 is 0 Å². The molecule has 0 aliphatic heterocycles. The van der Waals surface area contributed by atoms with Gasteiger partial charge < -0.3 is 10.6 Å². The van der Waals surface area contributed by atoms with Crippen molar-refractivity contribution in [3.63, 3.8) is 0 Å². The molecule has 0 atom stereocenters. The zero-order chi connectivity index (χ0) is 25.9. The summed E-state index contributed by atoms with van der Waals surface area (Å²) in [6.07, 6.45) is 4.25. The molecule has 0 aromatic heterocycles. The lowest BCUT2D eigenvalue weighted by atomic mass is 10.1. The van der Waals surface area contributed by atoms with Crippen LogP contribution >= 0.6 is 0 Å². The maximum absolute atomic E-state index is 6.20. The van der Waals surface area contributed by atoms with Gasteiger partial charge in [-0.3, -0.25) is 4.99 Å². The Balaban J connectivity index is 1.87. The van der Waals surface area contributed by atoms with Crippen molar-refractivity contribution in [2.24, 2.45) is 15.7 Å². The van der Waals surface area contributed by atoms with E-state index < -0.39 is 0 Å². The minimum absolute atomic E-state index is 0.611. The Labute approximate surface area is 217 Å². The summed E-state index contributed by atoms with van der Waals surface area (Å²) in [6, 6.07) is 25.5. The van der Waals surface area contributed by atoms with E-state index in [1.165, 1.54) is 22.3 Å². The number of nitrogens with zero attached hydrogens (tertiary/aromatic N) is 3. The molecule has 3 rings (SSSR count). The van der Waals surface area contributed by atoms with Crippen LogP contribution in [0.4, 0.5) is 0 Å². The molecule has 0 radical (unpaired) electrons. The van der Waals surface area contributed by atoms with E-state index in [1.54, 1.807) is 0 Å². The summed E-state index contributed by atoms with van der Waals surface area (Å²) in [7, 11) is 0. The van der Waals surface area contributed by atoms with Crippen molar-refractivity contribution >= 4 is 17.4 Å². The fourth-order valence-corrected chi connectivity index (χ4v) is 3.99. The summed E-state index contributed by atoms with van der Waals surface area (Å²) in [5.74, 6) is 1.59. The number of unbranched alkanes of at least 4 members (excludes halogenated alkanes) is 1. The number of rotatable bonds is 10. The molecule has 188 valence electrons. The van der Waals surface area contributed by atoms with E-state index in [-0.39, 0.29) is 0 Å². The molecule has 0 spiro atoms. The van der Waals surface area contributed by atoms with Crippen molar-refractivity contribution in [3.05, 3.63) is 112 Å². The predicted molar refractivity (Wildman–Crippen MR) is 155 cm³/mol. The number of hydrogen-bond acceptors (Lipinski definition) is 2. The van der Waals surface area contributed by atoms with Crippen LogP contribution in [0.2, 0.25) is 0 Å². The van der Waals surface area contributed by atoms with Crippen molar-refractivity contribution < 1.29 is 0 Å². The highest BCUT2D eigenvalue weighted by atomic mass is 15.2. The fourth-order valence-electron chi connectivity index (χ4n) is 3.99. The van der Waals surface area contributed by atoms with Gasteiger partial charge in [-0.05, 0) is 56.4 Å². The number of aliphatic imine (C=N–C) groups is 2. The quantitative estimate of drug-likeness (QED) is 0.188. The lowest BCUT2D eigenvalue weighted by Gasteiger charge is -2.26. The average molecular weight is 481 g/mol. The van der Waals surface area contributed by atoms with Crippen molar-refractivity contribution in [1.82, 2.24) is 4.90 Å². The highest BCUT2D eigenvalue weighted by Crippen LogP contribution is 2.20. The van der Waals surface area contributed by atoms with Crippen molar-refractivity contribution in [2.45, 2.75) is 60.5 Å². The van der Waals surface area contributed by atoms with Gasteiger partial charge in [0.15, 0.2) is 0 Å². The van der Waals surface area contributed by atoms with Gasteiger partial charge in [0.05, 0.1) is 5.70 Å². The first-order valence-corrected chi connectivity index (χ1v) is 12.9. The van der Waals surface area contributed by atoms with Crippen LogP contribution in [0.15, 0.2) is 88.9 Å². The van der Waals surface area contributed by atoms with Crippen molar-refractivity contribution in [1.29, 1.82) is 0 Å². The Hall–Kier alpha value is -3.66. The van der Waals surface area contributed by atoms with Crippen LogP contribution in [-0.4, -0.2) is 23.1 Å². The van der Waals surface area contributed by atoms with Gasteiger partial charge in [0.2, 0.25) is 0 Å². The number of nitrogens with two attached hydrogens (primary N) is 1. The summed E-state index contributed by atoms with van der Waals surface area (Å²) >= 11 is 0. The summed E-state index contributed by atoms with van der Waals surface area (Å²) in [6.45, 7) is 12.9. The highest BCUT2D eigenvalue weighted by molar-refractivity contribution is 5.97. The summed E-state index contributed by atoms with van der Waals surface area (Å²) < 4.78 is 0. The van der Waals surface area contributed by atoms with E-state index in [2.05, 4.69) is 116 Å². The van der Waals surface area contributed by atoms with E-state index in [9.17, 15) is 0 Å². The van der Waals surface area contributed by atoms with Crippen molar-refractivity contribution in [3.8, 4) is 0 Å². The minimum Gasteiger partial charge on any atom is -0.384 e. The molecule has 2 N–H and O–H groups in total. The maximum atomic E-state index is 6.20. The van der Waals surface area contributed by atoms with Gasteiger partial charge in [-0.15, -0.1) is 0 Å². The number of aryl methyl sites for hydroxylation is 2. The maximum Gasteiger partial charge on any atom is 0.125 e. The van der Waals surface area contributed by atoms with Crippen LogP contribution in [-0.2, 0) is 13.1 Å². The molecule has 0 amide bonds. The number of allylic oxidation sites excluding steroid dienone is 1. The third-order valence-electron chi connectivity index (χ3n) is 6.40. The molecule has 3 aromatic carbocycles. The number of amidine groups is 2. The molecule has 0 fully saturated rings. The highest BCUT2D eigenvalue weighted by Gasteiger charge is 2.12. The largest absolute Gasteiger partial charge is 0.384 e. The summed E-state index contributed by atoms with van der Waals surface area (Å²) in [5, 5.41) is 0. The smallest absolute Gasteiger partial charge is 0.125 e. The fraction of sp³-hybridized carbons (Fsp3) is 0.312. The molecule has 0 bridgehead atoms. The second kappa shape index (κ2) is 13.4. The van der Waals surface area contributed by atoms with Gasteiger partial charge in [0.25, 0.3) is 0 Å². The Kier molecular flexibility index (Phi) is 10.1. The molecule has 0 aliphatic carbocycles. The minimum atomic E-state index is 0.611. The topological polar surface area (TPSA) is 54.0 Å². The Morgan fingerprint density at radius 2 is 1.56 bits per heavy atom. The van der Waals surface area contributed by atoms with Crippen LogP contribution < -0.4 is 5.73 Å². The molecule has 0 saturated carbocycles. The first-order valence-electron chi connectivity index (χ1n) is 12.9. The molecule has 36 heavy (non-hydrogen) atoms. The Morgan fingerprint density at radius 3 is 2.19 bits per heavy atom. The van der Waals surface area contributed by atoms with E-state index in [0.29, 0.717) is 5.84 Å². The molecule has 0 heterocycles. The molecule has 3 aromatic rings. The van der Waals surface area contributed by atoms with Crippen LogP contribution in [0, 0.1) is 13.8 Å². The van der Waals surface area contributed by atoms with Crippen LogP contribution in [0.25, 0.3) is 5.70 Å². The number of benzene rings is 3. The standard InChI is InChI=1S/C32H40N4/c1-6-8-21-34-32(33)29-19-15-27(16-20-29)22-36(23-30-12-10-9-11-25(30)4)26(5)35-31(7-2)28-17-13-24(3)14-18-28/h7,9-20H,6,8,21-23H2,1-5H3,(H2,33,34)/b31-7-,35-26?. The van der Waals surface area contributed by atoms with Gasteiger partial charge in [-0.2, -0.15) is 0 Å². The lowest BCUT2D eigenvalue weighted by molar-refractivity contribution is 0.403. The Bertz CT molecular complexity index is 1200. The van der Waals surface area contributed by atoms with Crippen LogP contribution in [0.5, 0.6) is 0 Å². The predicted octanol–water partition coefficient (Wildman–Crippen LogP) is 7.29. The first-order chi connectivity index (χ1) is 17.4. The summed E-state index contributed by atoms with van der Waals surface area (Å²) in [5.41, 5.74) is 14.3. The third kappa shape index (κ3) is 7.67. The lowest BCUT2D eigenvalue weighted by Crippen LogP contribution is -2.28. The molecule has 0 saturated heterocycles. The molecular weight excluding hydrogens is 440 g/mol.